The Labute approximate surface area is 224 Å². The van der Waals surface area contributed by atoms with Crippen molar-refractivity contribution in [2.45, 2.75) is 46.5 Å². The molecule has 2 heterocycles. The molecular weight excluding hydrogens is 470 g/mol. The second-order valence-corrected chi connectivity index (χ2v) is 10.0. The van der Waals surface area contributed by atoms with Gasteiger partial charge in [0.25, 0.3) is 0 Å². The number of ether oxygens (including phenoxy) is 1. The predicted molar refractivity (Wildman–Crippen MR) is 153 cm³/mol. The topological polar surface area (TPSA) is 64.1 Å². The standard InChI is InChI=1S/C33H33N3O2/c1-22-10-11-23(2)30(19-22)28-15-12-25-7-4-5-8-26(13-14-27(25)20-28)33(37)36-29-16-17-32(35-21-29)38-31-9-6-18-34-24(31)3/h4-6,9-12,15-21,26H,7-8,13-14H2,1-3H3,(H,36,37)/b5-4-. The highest BCUT2D eigenvalue weighted by molar-refractivity contribution is 5.92. The molecular formula is C33H33N3O2. The lowest BCUT2D eigenvalue weighted by Gasteiger charge is -2.17. The Hall–Kier alpha value is -4.25. The van der Waals surface area contributed by atoms with E-state index >= 15 is 0 Å². The minimum absolute atomic E-state index is 0.0161. The van der Waals surface area contributed by atoms with Gasteiger partial charge in [0, 0.05) is 18.2 Å². The molecule has 1 unspecified atom stereocenters. The number of hydrogen-bond acceptors (Lipinski definition) is 4. The van der Waals surface area contributed by atoms with Gasteiger partial charge in [-0.3, -0.25) is 9.78 Å². The zero-order valence-electron chi connectivity index (χ0n) is 22.2. The molecule has 1 amide bonds. The summed E-state index contributed by atoms with van der Waals surface area (Å²) in [4.78, 5) is 21.8. The van der Waals surface area contributed by atoms with Crippen molar-refractivity contribution >= 4 is 11.6 Å². The highest BCUT2D eigenvalue weighted by Gasteiger charge is 2.20. The molecule has 4 aromatic rings. The number of amides is 1. The monoisotopic (exact) mass is 503 g/mol. The van der Waals surface area contributed by atoms with Gasteiger partial charge in [0.15, 0.2) is 5.75 Å². The molecule has 0 aliphatic heterocycles. The Kier molecular flexibility index (Phi) is 7.64. The number of carbonyl (C=O) groups is 1. The fourth-order valence-electron chi connectivity index (χ4n) is 4.88. The summed E-state index contributed by atoms with van der Waals surface area (Å²) in [6.45, 7) is 6.18. The summed E-state index contributed by atoms with van der Waals surface area (Å²) >= 11 is 0. The van der Waals surface area contributed by atoms with Crippen LogP contribution in [0, 0.1) is 26.7 Å². The van der Waals surface area contributed by atoms with Crippen LogP contribution in [0.5, 0.6) is 11.6 Å². The average molecular weight is 504 g/mol. The van der Waals surface area contributed by atoms with Crippen LogP contribution in [0.15, 0.2) is 85.2 Å². The normalized spacial score (nSPS) is 15.9. The van der Waals surface area contributed by atoms with E-state index < -0.39 is 0 Å². The summed E-state index contributed by atoms with van der Waals surface area (Å²) in [5.74, 6) is 1.02. The SMILES string of the molecule is Cc1ccc(C)c(-c2ccc3c(c2)CCC(C(=O)Nc2ccc(Oc4cccnc4C)nc2)C/C=C\C3)c1. The molecule has 2 aromatic heterocycles. The molecule has 0 spiro atoms. The van der Waals surface area contributed by atoms with Gasteiger partial charge in [-0.05, 0) is 92.5 Å². The van der Waals surface area contributed by atoms with Gasteiger partial charge in [-0.15, -0.1) is 0 Å². The summed E-state index contributed by atoms with van der Waals surface area (Å²) in [5, 5.41) is 3.05. The van der Waals surface area contributed by atoms with Gasteiger partial charge in [-0.2, -0.15) is 0 Å². The Balaban J connectivity index is 1.27. The van der Waals surface area contributed by atoms with Crippen LogP contribution in [0.1, 0.15) is 40.8 Å². The number of allylic oxidation sites excluding steroid dienone is 2. The van der Waals surface area contributed by atoms with Gasteiger partial charge in [-0.25, -0.2) is 4.98 Å². The second-order valence-electron chi connectivity index (χ2n) is 10.0. The molecule has 5 heteroatoms. The Morgan fingerprint density at radius 1 is 0.947 bits per heavy atom. The molecule has 1 aliphatic carbocycles. The molecule has 38 heavy (non-hydrogen) atoms. The zero-order valence-corrected chi connectivity index (χ0v) is 22.2. The van der Waals surface area contributed by atoms with E-state index in [1.165, 1.54) is 33.4 Å². The van der Waals surface area contributed by atoms with E-state index in [1.807, 2.05) is 25.1 Å². The summed E-state index contributed by atoms with van der Waals surface area (Å²) < 4.78 is 5.82. The van der Waals surface area contributed by atoms with Crippen molar-refractivity contribution in [2.75, 3.05) is 5.32 Å². The maximum absolute atomic E-state index is 13.2. The molecule has 1 atom stereocenters. The first-order valence-corrected chi connectivity index (χ1v) is 13.2. The number of aryl methyl sites for hydroxylation is 4. The number of nitrogens with zero attached hydrogens (tertiary/aromatic N) is 2. The van der Waals surface area contributed by atoms with Gasteiger partial charge in [0.05, 0.1) is 17.6 Å². The molecule has 2 aromatic carbocycles. The van der Waals surface area contributed by atoms with Crippen molar-refractivity contribution < 1.29 is 9.53 Å². The maximum atomic E-state index is 13.2. The molecule has 0 bridgehead atoms. The first kappa shape index (κ1) is 25.4. The number of fused-ring (bicyclic) bond motifs is 1. The van der Waals surface area contributed by atoms with Crippen molar-refractivity contribution in [3.05, 3.63) is 113 Å². The Bertz CT molecular complexity index is 1470. The first-order valence-electron chi connectivity index (χ1n) is 13.2. The maximum Gasteiger partial charge on any atom is 0.227 e. The molecule has 0 saturated heterocycles. The summed E-state index contributed by atoms with van der Waals surface area (Å²) in [5.41, 5.74) is 9.16. The number of carbonyl (C=O) groups excluding carboxylic acids is 1. The van der Waals surface area contributed by atoms with E-state index in [0.29, 0.717) is 17.3 Å². The van der Waals surface area contributed by atoms with Gasteiger partial charge < -0.3 is 10.1 Å². The minimum atomic E-state index is -0.115. The van der Waals surface area contributed by atoms with Crippen LogP contribution in [0.3, 0.4) is 0 Å². The van der Waals surface area contributed by atoms with Gasteiger partial charge in [0.2, 0.25) is 11.8 Å². The predicted octanol–water partition coefficient (Wildman–Crippen LogP) is 7.55. The third kappa shape index (κ3) is 6.00. The van der Waals surface area contributed by atoms with Gasteiger partial charge >= 0.3 is 0 Å². The molecule has 5 rings (SSSR count). The van der Waals surface area contributed by atoms with E-state index in [0.717, 1.165) is 31.4 Å². The fourth-order valence-corrected chi connectivity index (χ4v) is 4.88. The van der Waals surface area contributed by atoms with E-state index in [9.17, 15) is 4.79 Å². The summed E-state index contributed by atoms with van der Waals surface area (Å²) in [7, 11) is 0. The lowest BCUT2D eigenvalue weighted by atomic mass is 9.90. The van der Waals surface area contributed by atoms with Crippen LogP contribution < -0.4 is 10.1 Å². The van der Waals surface area contributed by atoms with Gasteiger partial charge in [0.1, 0.15) is 0 Å². The number of anilines is 1. The lowest BCUT2D eigenvalue weighted by Crippen LogP contribution is -2.23. The van der Waals surface area contributed by atoms with Crippen molar-refractivity contribution in [3.8, 4) is 22.8 Å². The van der Waals surface area contributed by atoms with Crippen LogP contribution >= 0.6 is 0 Å². The van der Waals surface area contributed by atoms with Gasteiger partial charge in [-0.1, -0.05) is 54.1 Å². The smallest absolute Gasteiger partial charge is 0.227 e. The molecule has 0 radical (unpaired) electrons. The quantitative estimate of drug-likeness (QED) is 0.286. The largest absolute Gasteiger partial charge is 0.437 e. The van der Waals surface area contributed by atoms with Crippen LogP contribution in [-0.2, 0) is 17.6 Å². The first-order chi connectivity index (χ1) is 18.5. The Morgan fingerprint density at radius 2 is 1.84 bits per heavy atom. The highest BCUT2D eigenvalue weighted by Crippen LogP contribution is 2.30. The van der Waals surface area contributed by atoms with Crippen LogP contribution in [0.2, 0.25) is 0 Å². The number of nitrogens with one attached hydrogen (secondary N) is 1. The van der Waals surface area contributed by atoms with Crippen LogP contribution in [0.25, 0.3) is 11.1 Å². The minimum Gasteiger partial charge on any atom is -0.437 e. The average Bonchev–Trinajstić information content (AvgIpc) is 3.02. The van der Waals surface area contributed by atoms with Crippen LogP contribution in [0.4, 0.5) is 5.69 Å². The number of pyridine rings is 2. The molecule has 1 N–H and O–H groups in total. The number of rotatable bonds is 5. The Morgan fingerprint density at radius 3 is 2.66 bits per heavy atom. The lowest BCUT2D eigenvalue weighted by molar-refractivity contribution is -0.120. The molecule has 5 nitrogen and oxygen atoms in total. The molecule has 192 valence electrons. The van der Waals surface area contributed by atoms with Crippen molar-refractivity contribution in [3.63, 3.8) is 0 Å². The van der Waals surface area contributed by atoms with E-state index in [1.54, 1.807) is 18.5 Å². The third-order valence-corrected chi connectivity index (χ3v) is 7.15. The number of aromatic nitrogens is 2. The number of benzene rings is 2. The molecule has 0 saturated carbocycles. The fraction of sp³-hybridized carbons (Fsp3) is 0.242. The molecule has 0 fully saturated rings. The summed E-state index contributed by atoms with van der Waals surface area (Å²) in [6.07, 6.45) is 11.0. The zero-order chi connectivity index (χ0) is 26.5. The second kappa shape index (κ2) is 11.4. The highest BCUT2D eigenvalue weighted by atomic mass is 16.5. The number of hydrogen-bond donors (Lipinski definition) is 1. The summed E-state index contributed by atoms with van der Waals surface area (Å²) in [6, 6.07) is 20.7. The molecule has 1 aliphatic rings. The van der Waals surface area contributed by atoms with E-state index in [4.69, 9.17) is 4.74 Å². The van der Waals surface area contributed by atoms with Crippen molar-refractivity contribution in [1.29, 1.82) is 0 Å². The van der Waals surface area contributed by atoms with Crippen molar-refractivity contribution in [1.82, 2.24) is 9.97 Å². The van der Waals surface area contributed by atoms with E-state index in [2.05, 4.69) is 77.7 Å². The third-order valence-electron chi connectivity index (χ3n) is 7.15. The van der Waals surface area contributed by atoms with Crippen molar-refractivity contribution in [2.24, 2.45) is 5.92 Å². The van der Waals surface area contributed by atoms with Crippen LogP contribution in [-0.4, -0.2) is 15.9 Å². The van der Waals surface area contributed by atoms with E-state index in [-0.39, 0.29) is 11.8 Å².